The lowest BCUT2D eigenvalue weighted by atomic mass is 10.1. The zero-order valence-corrected chi connectivity index (χ0v) is 93.3. The Morgan fingerprint density at radius 3 is 0.983 bits per heavy atom. The molecule has 0 aliphatic rings. The predicted octanol–water partition coefficient (Wildman–Crippen LogP) is 35.2. The van der Waals surface area contributed by atoms with Gasteiger partial charge in [-0.3, -0.25) is 24.5 Å². The summed E-state index contributed by atoms with van der Waals surface area (Å²) in [6.07, 6.45) is 8.72. The minimum Gasteiger partial charge on any atom is -0.466 e. The minimum atomic E-state index is -2.50. The van der Waals surface area contributed by atoms with Crippen LogP contribution in [-0.2, 0) is 28.6 Å². The number of halogens is 3. The molecule has 0 radical (unpaired) electrons. The first-order valence-corrected chi connectivity index (χ1v) is 55.2. The standard InChI is InChI=1S/C10H14S.C8H18S2.C7H12O2.C7H16S2.C7H16S.2C6H12O2.C6H14S2.C6H12.C5H10F2.C5H11F.C5H12S2.2C5H12.C3H7NO2.C3H9N.CH4/c1-9(2)8-11-10-6-4-3-5-7-10;1-7(2)6-9-10-8(3,4)5;1-4-5-9-7(8)6(2)3;1-6(2)5-8-9-7(3)4;1-5-8-7(4)6(2)3;2*1-4-8-6(7)5(2)3;1-4-7-8-5-6(2)3;1-4-5-6(2)3;1-4(2)5(3,6)7;1-4(2)5(3)6;1-5(2)4-7-6-3;2*1-4-5(2)3;1-3(2)4(5)6;1-3(2)4;/h3-7,9H,8H2,1-2H3;7H,6H2,1-5H3;4,6H,1,5H2,2-3H3;6-7H,5H2,1-4H3;6-7H,5H2,1-4H3;2*5H,4H2,1-3H3;6H,4-5H2,1-3H3;4,6H,1,5H2,2-3H3;4H,1-3H3;4-5H,1-3H3;5H,4H2,1-3H3;2*5H,4H2,1-3H3;3H,1-2H3;3H,4H2,1-2H3;1H4/t;;;;7-;;;;;;5-;;;;;;/m....1.....0....../s1. The van der Waals surface area contributed by atoms with Gasteiger partial charge in [0.1, 0.15) is 6.61 Å². The highest BCUT2D eigenvalue weighted by molar-refractivity contribution is 8.77. The number of ether oxygens (including phenoxy) is 3. The van der Waals surface area contributed by atoms with Gasteiger partial charge in [0.25, 0.3) is 0 Å². The lowest BCUT2D eigenvalue weighted by Crippen LogP contribution is -2.17. The fraction of sp³-hybridized carbons (Fsp3) is 0.863. The van der Waals surface area contributed by atoms with Gasteiger partial charge in [-0.05, 0) is 123 Å². The van der Waals surface area contributed by atoms with Crippen LogP contribution in [0.25, 0.3) is 0 Å². The monoisotopic (exact) mass is 1880 g/mol. The van der Waals surface area contributed by atoms with E-state index in [2.05, 4.69) is 253 Å². The van der Waals surface area contributed by atoms with Crippen molar-refractivity contribution in [3.8, 4) is 0 Å². The molecule has 0 aliphatic heterocycles. The average Bonchev–Trinajstić information content (AvgIpc) is 0.951. The van der Waals surface area contributed by atoms with E-state index in [9.17, 15) is 37.7 Å². The Bertz CT molecular complexity index is 2030. The minimum absolute atomic E-state index is 0. The smallest absolute Gasteiger partial charge is 0.308 e. The Kier molecular flexibility index (Phi) is 151. The van der Waals surface area contributed by atoms with Crippen LogP contribution in [0, 0.1) is 93.0 Å². The third-order valence-corrected chi connectivity index (χ3v) is 26.9. The van der Waals surface area contributed by atoms with Crippen molar-refractivity contribution in [2.75, 3.05) is 66.3 Å². The molecular formula is C95H203F3N2O8S10. The Hall–Kier alpha value is -0.240. The molecule has 23 heteroatoms. The number of nitrogens with two attached hydrogens (primary N) is 1. The summed E-state index contributed by atoms with van der Waals surface area (Å²) in [5.41, 5.74) is 5.11. The van der Waals surface area contributed by atoms with Gasteiger partial charge in [-0.25, -0.2) is 13.2 Å². The molecule has 0 amide bonds. The molecule has 0 aromatic heterocycles. The van der Waals surface area contributed by atoms with Crippen molar-refractivity contribution in [1.82, 2.24) is 0 Å². The van der Waals surface area contributed by atoms with Gasteiger partial charge in [0.15, 0.2) is 0 Å². The van der Waals surface area contributed by atoms with Crippen molar-refractivity contribution in [3.63, 3.8) is 0 Å². The van der Waals surface area contributed by atoms with E-state index in [1.165, 1.54) is 71.9 Å². The van der Waals surface area contributed by atoms with Crippen LogP contribution in [0.15, 0.2) is 60.5 Å². The van der Waals surface area contributed by atoms with Gasteiger partial charge >= 0.3 is 17.9 Å². The fourth-order valence-electron chi connectivity index (χ4n) is 3.62. The van der Waals surface area contributed by atoms with Crippen LogP contribution in [0.1, 0.15) is 345 Å². The van der Waals surface area contributed by atoms with Gasteiger partial charge in [-0.15, -0.1) is 18.3 Å². The van der Waals surface area contributed by atoms with Crippen molar-refractivity contribution in [1.29, 1.82) is 0 Å². The van der Waals surface area contributed by atoms with Gasteiger partial charge in [0.05, 0.1) is 37.1 Å². The number of thioether (sulfide) groups is 2. The Labute approximate surface area is 778 Å². The van der Waals surface area contributed by atoms with E-state index < -0.39 is 24.1 Å². The van der Waals surface area contributed by atoms with E-state index in [1.54, 1.807) is 54.5 Å². The van der Waals surface area contributed by atoms with Gasteiger partial charge in [-0.1, -0.05) is 420 Å². The zero-order valence-electron chi connectivity index (χ0n) is 85.1. The maximum Gasteiger partial charge on any atom is 0.308 e. The highest BCUT2D eigenvalue weighted by Gasteiger charge is 2.25. The van der Waals surface area contributed by atoms with Crippen LogP contribution in [0.2, 0.25) is 0 Å². The average molecular weight is 1880 g/mol. The van der Waals surface area contributed by atoms with E-state index in [1.807, 2.05) is 171 Å². The van der Waals surface area contributed by atoms with E-state index in [0.29, 0.717) is 30.6 Å². The van der Waals surface area contributed by atoms with Crippen molar-refractivity contribution in [2.24, 2.45) is 88.6 Å². The second-order valence-corrected chi connectivity index (χ2v) is 48.4. The second-order valence-electron chi connectivity index (χ2n) is 34.1. The molecule has 0 saturated carbocycles. The molecule has 118 heavy (non-hydrogen) atoms. The first-order chi connectivity index (χ1) is 53.4. The maximum absolute atomic E-state index is 11.8. The summed E-state index contributed by atoms with van der Waals surface area (Å²) in [6, 6.07) is 10.5. The highest BCUT2D eigenvalue weighted by atomic mass is 33.1. The van der Waals surface area contributed by atoms with E-state index in [0.717, 1.165) is 77.1 Å². The second kappa shape index (κ2) is 115. The molecule has 0 bridgehead atoms. The third kappa shape index (κ3) is 212. The summed E-state index contributed by atoms with van der Waals surface area (Å²) in [5.74, 6) is 13.0. The van der Waals surface area contributed by atoms with Crippen molar-refractivity contribution in [2.45, 2.75) is 390 Å². The molecule has 2 N–H and O–H groups in total. The van der Waals surface area contributed by atoms with Crippen LogP contribution in [0.5, 0.6) is 0 Å². The van der Waals surface area contributed by atoms with E-state index in [4.69, 9.17) is 10.5 Å². The van der Waals surface area contributed by atoms with Gasteiger partial charge in [0, 0.05) is 79.3 Å². The number of hydrogen-bond donors (Lipinski definition) is 1. The normalized spacial score (nSPS) is 10.8. The van der Waals surface area contributed by atoms with E-state index in [-0.39, 0.29) is 53.9 Å². The first-order valence-electron chi connectivity index (χ1n) is 43.3. The third-order valence-electron chi connectivity index (χ3n) is 12.1. The molecule has 0 heterocycles. The van der Waals surface area contributed by atoms with Crippen molar-refractivity contribution >= 4 is 128 Å². The SMILES string of the molecule is C.C=CCC(C)C.C=CCOC(=O)C(C)C.CC(C)C(C)(F)F.CC(C)CSSC(C)(C)C.CC(C)CSSC(C)C.CC(C)CSc1ccccc1.CC(C)N.CC(C)[C@H](C)F.CC(C)[N+](=O)[O-].CCC(C)C.CCC(C)C.CCOC(=O)C(C)C.CCOC(=O)C(C)C.CCSSCC(C)C.CCS[C@H](C)C(C)C.CSSCC(C)C. The molecule has 0 saturated heterocycles. The largest absolute Gasteiger partial charge is 0.466 e. The van der Waals surface area contributed by atoms with Gasteiger partial charge in [0.2, 0.25) is 12.0 Å². The fourth-order valence-corrected chi connectivity index (χ4v) is 14.4. The summed E-state index contributed by atoms with van der Waals surface area (Å²) in [5, 5.41) is 11.1. The summed E-state index contributed by atoms with van der Waals surface area (Å²) >= 11 is 3.97. The number of hydrogen-bond acceptors (Lipinski definition) is 19. The molecule has 10 nitrogen and oxygen atoms in total. The Morgan fingerprint density at radius 1 is 0.492 bits per heavy atom. The number of esters is 3. The highest BCUT2D eigenvalue weighted by Crippen LogP contribution is 2.36. The van der Waals surface area contributed by atoms with Crippen molar-refractivity contribution < 1.29 is 46.7 Å². The van der Waals surface area contributed by atoms with Crippen LogP contribution >= 0.6 is 110 Å². The number of allylic oxidation sites excluding steroid dienone is 1. The first kappa shape index (κ1) is 155. The molecule has 0 aliphatic carbocycles. The summed E-state index contributed by atoms with van der Waals surface area (Å²) in [6.45, 7) is 102. The number of nitrogens with zero attached hydrogens (tertiary/aromatic N) is 1. The molecular weight excluding hydrogens is 1670 g/mol. The lowest BCUT2D eigenvalue weighted by molar-refractivity contribution is -0.513. The number of benzene rings is 1. The molecule has 0 fully saturated rings. The summed E-state index contributed by atoms with van der Waals surface area (Å²) in [4.78, 5) is 42.2. The van der Waals surface area contributed by atoms with Gasteiger partial charge in [-0.2, -0.15) is 11.8 Å². The molecule has 1 rings (SSSR count). The van der Waals surface area contributed by atoms with Crippen LogP contribution < -0.4 is 5.73 Å². The molecule has 2 atom stereocenters. The zero-order chi connectivity index (χ0) is 96.2. The van der Waals surface area contributed by atoms with E-state index >= 15 is 0 Å². The lowest BCUT2D eigenvalue weighted by Gasteiger charge is -2.16. The number of carbonyl (C=O) groups excluding carboxylic acids is 3. The molecule has 0 unspecified atom stereocenters. The number of rotatable bonds is 34. The van der Waals surface area contributed by atoms with Gasteiger partial charge < -0.3 is 19.9 Å². The Balaban J connectivity index is -0.0000000675. The van der Waals surface area contributed by atoms with Crippen LogP contribution in [-0.4, -0.2) is 129 Å². The topological polar surface area (TPSA) is 148 Å². The van der Waals surface area contributed by atoms with Crippen LogP contribution in [0.4, 0.5) is 13.2 Å². The maximum atomic E-state index is 11.8. The molecule has 1 aromatic rings. The molecule has 1 aromatic carbocycles. The molecule has 722 valence electrons. The number of nitro groups is 1. The van der Waals surface area contributed by atoms with Crippen LogP contribution in [0.3, 0.4) is 0 Å². The Morgan fingerprint density at radius 2 is 0.805 bits per heavy atom. The number of alkyl halides is 3. The quantitative estimate of drug-likeness (QED) is 0.0102. The number of carbonyl (C=O) groups is 3. The van der Waals surface area contributed by atoms with Crippen molar-refractivity contribution in [3.05, 3.63) is 65.8 Å². The molecule has 0 spiro atoms. The summed E-state index contributed by atoms with van der Waals surface area (Å²) < 4.78 is 50.0. The summed E-state index contributed by atoms with van der Waals surface area (Å²) in [7, 11) is 15.6. The predicted molar refractivity (Wildman–Crippen MR) is 563 cm³/mol.